The molecule has 3 aliphatic heterocycles. The van der Waals surface area contributed by atoms with Gasteiger partial charge in [0.05, 0.1) is 34.6 Å². The van der Waals surface area contributed by atoms with Gasteiger partial charge in [0.1, 0.15) is 17.8 Å². The molecule has 3 unspecified atom stereocenters. The molecule has 1 aliphatic carbocycles. The van der Waals surface area contributed by atoms with Crippen LogP contribution in [0, 0.1) is 18.3 Å². The van der Waals surface area contributed by atoms with E-state index in [1.54, 1.807) is 4.68 Å². The Morgan fingerprint density at radius 3 is 2.63 bits per heavy atom. The Kier molecular flexibility index (Phi) is 12.0. The first-order chi connectivity index (χ1) is 34.4. The Labute approximate surface area is 413 Å². The van der Waals surface area contributed by atoms with Crippen molar-refractivity contribution in [1.82, 2.24) is 30.0 Å². The Hall–Kier alpha value is -7.63. The highest BCUT2D eigenvalue weighted by molar-refractivity contribution is 7.22. The molecule has 7 aromatic rings. The van der Waals surface area contributed by atoms with Crippen LogP contribution in [-0.4, -0.2) is 91.0 Å². The zero-order valence-corrected chi connectivity index (χ0v) is 40.2. The molecule has 4 aromatic carbocycles. The molecule has 4 aliphatic rings. The molecule has 3 amide bonds. The van der Waals surface area contributed by atoms with Crippen LogP contribution in [0.15, 0.2) is 103 Å². The molecule has 3 aromatic heterocycles. The van der Waals surface area contributed by atoms with Crippen LogP contribution >= 0.6 is 11.3 Å². The van der Waals surface area contributed by atoms with Crippen molar-refractivity contribution >= 4 is 72.8 Å². The molecule has 6 heterocycles. The summed E-state index contributed by atoms with van der Waals surface area (Å²) >= 11 is 1.43. The van der Waals surface area contributed by atoms with E-state index in [1.165, 1.54) is 11.3 Å². The minimum Gasteiger partial charge on any atom is -0.493 e. The number of nitrogens with one attached hydrogen (secondary N) is 3. The van der Waals surface area contributed by atoms with Crippen LogP contribution in [0.25, 0.3) is 32.2 Å². The summed E-state index contributed by atoms with van der Waals surface area (Å²) in [5.41, 5.74) is 7.65. The maximum Gasteiger partial charge on any atom is 0.355 e. The molecular formula is C54H53N9O7S. The summed E-state index contributed by atoms with van der Waals surface area (Å²) in [6, 6.07) is 28.5. The number of allylic oxidation sites excluding steroid dienone is 1. The van der Waals surface area contributed by atoms with Crippen molar-refractivity contribution in [3.8, 4) is 16.9 Å². The first-order valence-electron chi connectivity index (χ1n) is 24.1. The molecule has 0 bridgehead atoms. The van der Waals surface area contributed by atoms with Crippen molar-refractivity contribution in [1.29, 1.82) is 0 Å². The van der Waals surface area contributed by atoms with Crippen molar-refractivity contribution in [3.63, 3.8) is 0 Å². The summed E-state index contributed by atoms with van der Waals surface area (Å²) in [6.45, 7) is 4.45. The number of carbonyl (C=O) groups is 4. The van der Waals surface area contributed by atoms with Crippen molar-refractivity contribution in [3.05, 3.63) is 137 Å². The first kappa shape index (κ1) is 45.8. The summed E-state index contributed by atoms with van der Waals surface area (Å²) in [6.07, 6.45) is 7.69. The second-order valence-corrected chi connectivity index (χ2v) is 20.1. The molecule has 4 atom stereocenters. The standard InChI is InChI=1S/C54H53N9O7S/c1-31-35(36-15-17-45(57-49(36)52(68)69)63-23-19-32-7-5-9-37(40(32)29-63)50(66)59-53-56-41-10-3-4-12-44(41)71-53)8-6-11-43(31)70-26-20-33-28-54(33)21-24-62(25-22-54)30-47(65)55-34-13-14-38-42(27-34)61(2)60-48(38)39-16-18-46(64)58-51(39)67/h3-15,17,21,24,27,33,39,51,67H,16,18-20,22-23,25-26,28-30H2,1-2H3,(H,55,65)(H,58,64)(H,68,69)(H,56,59,66)/t33-,39?,51?,54?/m1/s1. The van der Waals surface area contributed by atoms with Gasteiger partial charge in [-0.2, -0.15) is 5.10 Å². The van der Waals surface area contributed by atoms with E-state index in [0.29, 0.717) is 78.4 Å². The number of nitrogens with zero attached hydrogens (tertiary/aromatic N) is 6. The number of aliphatic hydroxyl groups is 1. The summed E-state index contributed by atoms with van der Waals surface area (Å²) in [7, 11) is 1.83. The Morgan fingerprint density at radius 2 is 1.82 bits per heavy atom. The molecule has 5 N–H and O–H groups in total. The van der Waals surface area contributed by atoms with Gasteiger partial charge in [0.25, 0.3) is 5.91 Å². The maximum absolute atomic E-state index is 13.6. The van der Waals surface area contributed by atoms with Gasteiger partial charge in [-0.05, 0) is 133 Å². The van der Waals surface area contributed by atoms with Crippen LogP contribution in [-0.2, 0) is 29.6 Å². The molecule has 362 valence electrons. The largest absolute Gasteiger partial charge is 0.493 e. The van der Waals surface area contributed by atoms with Crippen LogP contribution in [0.2, 0.25) is 0 Å². The SMILES string of the molecule is Cc1c(OCC[C@@H]2CC23C=CN(CC(=O)Nc2ccc4c(C5CCC(=O)NC5O)nn(C)c4c2)CC3)cccc1-c1ccc(N2CCc3cccc(C(=O)Nc4nc5ccccc5s4)c3C2)nc1C(=O)O. The smallest absolute Gasteiger partial charge is 0.355 e. The van der Waals surface area contributed by atoms with E-state index in [0.717, 1.165) is 74.9 Å². The fourth-order valence-electron chi connectivity index (χ4n) is 10.7. The number of aromatic nitrogens is 4. The third kappa shape index (κ3) is 9.06. The van der Waals surface area contributed by atoms with Gasteiger partial charge in [0.2, 0.25) is 11.8 Å². The highest BCUT2D eigenvalue weighted by atomic mass is 32.1. The van der Waals surface area contributed by atoms with Crippen molar-refractivity contribution in [2.75, 3.05) is 41.8 Å². The van der Waals surface area contributed by atoms with Gasteiger partial charge in [0, 0.05) is 61.2 Å². The number of carboxylic acid groups (broad SMARTS) is 1. The molecule has 16 nitrogen and oxygen atoms in total. The number of aromatic carboxylic acids is 1. The molecular weight excluding hydrogens is 919 g/mol. The number of thiazole rings is 1. The normalized spacial score (nSPS) is 20.5. The number of piperidine rings is 1. The lowest BCUT2D eigenvalue weighted by molar-refractivity contribution is -0.127. The maximum atomic E-state index is 13.6. The first-order valence-corrected chi connectivity index (χ1v) is 24.9. The number of carbonyl (C=O) groups excluding carboxylic acids is 3. The molecule has 0 radical (unpaired) electrons. The van der Waals surface area contributed by atoms with E-state index >= 15 is 0 Å². The van der Waals surface area contributed by atoms with Gasteiger partial charge in [-0.25, -0.2) is 14.8 Å². The van der Waals surface area contributed by atoms with Crippen LogP contribution in [0.1, 0.15) is 81.3 Å². The average Bonchev–Trinajstić information content (AvgIpc) is 3.68. The number of hydrogen-bond acceptors (Lipinski definition) is 12. The predicted octanol–water partition coefficient (Wildman–Crippen LogP) is 8.01. The molecule has 1 saturated carbocycles. The van der Waals surface area contributed by atoms with Gasteiger partial charge in [-0.3, -0.25) is 24.4 Å². The van der Waals surface area contributed by atoms with E-state index in [-0.39, 0.29) is 41.3 Å². The van der Waals surface area contributed by atoms with Crippen LogP contribution in [0.4, 0.5) is 16.6 Å². The van der Waals surface area contributed by atoms with E-state index in [9.17, 15) is 29.4 Å². The highest BCUT2D eigenvalue weighted by Gasteiger charge is 2.52. The number of pyridine rings is 1. The van der Waals surface area contributed by atoms with Crippen molar-refractivity contribution < 1.29 is 34.1 Å². The predicted molar refractivity (Wildman–Crippen MR) is 272 cm³/mol. The third-order valence-corrected chi connectivity index (χ3v) is 15.7. The van der Waals surface area contributed by atoms with Crippen molar-refractivity contribution in [2.45, 2.75) is 64.1 Å². The van der Waals surface area contributed by atoms with Crippen LogP contribution in [0.5, 0.6) is 5.75 Å². The lowest BCUT2D eigenvalue weighted by Crippen LogP contribution is -2.43. The molecule has 11 rings (SSSR count). The second-order valence-electron chi connectivity index (χ2n) is 19.1. The summed E-state index contributed by atoms with van der Waals surface area (Å²) in [4.78, 5) is 64.8. The minimum atomic E-state index is -1.13. The molecule has 1 spiro atoms. The average molecular weight is 972 g/mol. The third-order valence-electron chi connectivity index (χ3n) is 14.7. The number of aliphatic hydroxyl groups excluding tert-OH is 1. The zero-order valence-electron chi connectivity index (χ0n) is 39.4. The highest BCUT2D eigenvalue weighted by Crippen LogP contribution is 2.59. The van der Waals surface area contributed by atoms with Gasteiger partial charge < -0.3 is 35.4 Å². The Bertz CT molecular complexity index is 3280. The van der Waals surface area contributed by atoms with E-state index in [4.69, 9.17) is 9.72 Å². The van der Waals surface area contributed by atoms with Crippen molar-refractivity contribution in [2.24, 2.45) is 18.4 Å². The minimum absolute atomic E-state index is 0.0539. The molecule has 2 fully saturated rings. The summed E-state index contributed by atoms with van der Waals surface area (Å²) in [5, 5.41) is 35.7. The second kappa shape index (κ2) is 18.6. The fourth-order valence-corrected chi connectivity index (χ4v) is 11.6. The van der Waals surface area contributed by atoms with Gasteiger partial charge in [-0.15, -0.1) is 0 Å². The number of anilines is 3. The number of amides is 3. The molecule has 71 heavy (non-hydrogen) atoms. The number of ether oxygens (including phenoxy) is 1. The zero-order chi connectivity index (χ0) is 49.0. The lowest BCUT2D eigenvalue weighted by atomic mass is 9.92. The number of para-hydroxylation sites is 1. The number of fused-ring (bicyclic) bond motifs is 3. The molecule has 17 heteroatoms. The fraction of sp³-hybridized carbons (Fsp3) is 0.315. The lowest BCUT2D eigenvalue weighted by Gasteiger charge is -2.31. The van der Waals surface area contributed by atoms with Crippen LogP contribution in [0.3, 0.4) is 0 Å². The Morgan fingerprint density at radius 1 is 0.958 bits per heavy atom. The number of rotatable bonds is 13. The van der Waals surface area contributed by atoms with Gasteiger partial charge in [0.15, 0.2) is 10.8 Å². The summed E-state index contributed by atoms with van der Waals surface area (Å²) in [5.74, 6) is -0.292. The monoisotopic (exact) mass is 971 g/mol. The quantitative estimate of drug-likeness (QED) is 0.0746. The number of benzene rings is 4. The van der Waals surface area contributed by atoms with E-state index in [2.05, 4.69) is 32.1 Å². The van der Waals surface area contributed by atoms with E-state index in [1.807, 2.05) is 121 Å². The number of carboxylic acids is 1. The number of aryl methyl sites for hydroxylation is 1. The number of hydrogen-bond donors (Lipinski definition) is 5. The van der Waals surface area contributed by atoms with E-state index < -0.39 is 12.2 Å². The van der Waals surface area contributed by atoms with Gasteiger partial charge >= 0.3 is 5.97 Å². The molecule has 1 saturated heterocycles. The summed E-state index contributed by atoms with van der Waals surface area (Å²) < 4.78 is 9.12. The Balaban J connectivity index is 0.691. The topological polar surface area (TPSA) is 204 Å². The van der Waals surface area contributed by atoms with Gasteiger partial charge in [-0.1, -0.05) is 53.8 Å². The van der Waals surface area contributed by atoms with Crippen LogP contribution < -0.4 is 25.6 Å².